The lowest BCUT2D eigenvalue weighted by Crippen LogP contribution is -2.36. The molecular weight excluding hydrogens is 374 g/mol. The summed E-state index contributed by atoms with van der Waals surface area (Å²) in [6.07, 6.45) is 3.02. The molecule has 2 aromatic rings. The van der Waals surface area contributed by atoms with E-state index in [1.54, 1.807) is 36.4 Å². The fourth-order valence-corrected chi connectivity index (χ4v) is 5.45. The van der Waals surface area contributed by atoms with Gasteiger partial charge in [-0.2, -0.15) is 0 Å². The number of amides is 1. The summed E-state index contributed by atoms with van der Waals surface area (Å²) in [4.78, 5) is 15.1. The van der Waals surface area contributed by atoms with E-state index in [0.717, 1.165) is 30.4 Å². The number of nitrogens with one attached hydrogen (secondary N) is 1. The van der Waals surface area contributed by atoms with Crippen molar-refractivity contribution in [3.8, 4) is 0 Å². The minimum atomic E-state index is -3.92. The molecule has 152 valence electrons. The van der Waals surface area contributed by atoms with E-state index in [2.05, 4.69) is 4.72 Å². The van der Waals surface area contributed by atoms with Gasteiger partial charge >= 0.3 is 0 Å². The van der Waals surface area contributed by atoms with Gasteiger partial charge in [0, 0.05) is 31.5 Å². The van der Waals surface area contributed by atoms with Crippen LogP contribution in [0.1, 0.15) is 52.1 Å². The number of hydrogen-bond donors (Lipinski definition) is 1. The Labute approximate surface area is 167 Å². The number of likely N-dealkylation sites (tertiary alicyclic amines) is 1. The van der Waals surface area contributed by atoms with Crippen molar-refractivity contribution >= 4 is 21.6 Å². The number of nitrogens with zero attached hydrogens (tertiary/aromatic N) is 2. The topological polar surface area (TPSA) is 71.4 Å². The van der Waals surface area contributed by atoms with E-state index in [9.17, 15) is 13.2 Å². The Hall–Kier alpha value is -2.28. The highest BCUT2D eigenvalue weighted by Gasteiger charge is 2.33. The first kappa shape index (κ1) is 20.5. The highest BCUT2D eigenvalue weighted by molar-refractivity contribution is 7.92. The van der Waals surface area contributed by atoms with Crippen LogP contribution in [0.2, 0.25) is 0 Å². The molecule has 2 heterocycles. The van der Waals surface area contributed by atoms with E-state index in [1.165, 1.54) is 0 Å². The summed E-state index contributed by atoms with van der Waals surface area (Å²) < 4.78 is 31.2. The van der Waals surface area contributed by atoms with Crippen LogP contribution in [0, 0.1) is 27.7 Å². The molecule has 0 bridgehead atoms. The molecule has 0 aliphatic carbocycles. The minimum absolute atomic E-state index is 0.0870. The summed E-state index contributed by atoms with van der Waals surface area (Å²) in [5.41, 5.74) is 3.95. The highest BCUT2D eigenvalue weighted by atomic mass is 32.2. The molecule has 0 unspecified atom stereocenters. The molecule has 1 aliphatic heterocycles. The van der Waals surface area contributed by atoms with Gasteiger partial charge in [0.1, 0.15) is 4.90 Å². The van der Waals surface area contributed by atoms with Gasteiger partial charge in [-0.3, -0.25) is 9.52 Å². The predicted molar refractivity (Wildman–Crippen MR) is 111 cm³/mol. The number of hydrogen-bond acceptors (Lipinski definition) is 3. The molecule has 1 aromatic carbocycles. The Morgan fingerprint density at radius 3 is 2.29 bits per heavy atom. The third-order valence-electron chi connectivity index (χ3n) is 5.90. The molecule has 0 saturated carbocycles. The smallest absolute Gasteiger partial charge is 0.264 e. The van der Waals surface area contributed by atoms with Crippen LogP contribution in [0.5, 0.6) is 0 Å². The molecule has 1 saturated heterocycles. The number of aryl methyl sites for hydroxylation is 1. The molecule has 1 aliphatic rings. The largest absolute Gasteiger partial charge is 0.350 e. The van der Waals surface area contributed by atoms with E-state index in [0.29, 0.717) is 35.7 Å². The van der Waals surface area contributed by atoms with E-state index in [4.69, 9.17) is 0 Å². The molecule has 28 heavy (non-hydrogen) atoms. The number of carbonyl (C=O) groups excluding carboxylic acids is 1. The van der Waals surface area contributed by atoms with Crippen LogP contribution in [-0.2, 0) is 17.1 Å². The Morgan fingerprint density at radius 2 is 1.64 bits per heavy atom. The van der Waals surface area contributed by atoms with Gasteiger partial charge < -0.3 is 9.47 Å². The average Bonchev–Trinajstić information content (AvgIpc) is 2.90. The lowest BCUT2D eigenvalue weighted by Gasteiger charge is -2.27. The molecule has 1 fully saturated rings. The number of benzene rings is 1. The number of aromatic nitrogens is 1. The maximum atomic E-state index is 13.4. The molecule has 1 N–H and O–H groups in total. The lowest BCUT2D eigenvalue weighted by molar-refractivity contribution is 0.0720. The van der Waals surface area contributed by atoms with Crippen LogP contribution in [0.25, 0.3) is 0 Å². The molecule has 1 amide bonds. The molecule has 0 spiro atoms. The van der Waals surface area contributed by atoms with Gasteiger partial charge in [0.2, 0.25) is 0 Å². The summed E-state index contributed by atoms with van der Waals surface area (Å²) in [5, 5.41) is 0. The standard InChI is InChI=1S/C21H29N3O3S/c1-14-10-9-11-18(15(14)2)22-28(26,27)20-17(4)23(5)16(3)19(20)21(25)24-12-7-6-8-13-24/h9-11,22H,6-8,12-13H2,1-5H3. The second-order valence-corrected chi connectivity index (χ2v) is 9.26. The average molecular weight is 404 g/mol. The van der Waals surface area contributed by atoms with Gasteiger partial charge in [-0.1, -0.05) is 12.1 Å². The second-order valence-electron chi connectivity index (χ2n) is 7.64. The normalized spacial score (nSPS) is 15.0. The number of rotatable bonds is 4. The number of piperidine rings is 1. The zero-order chi connectivity index (χ0) is 20.6. The van der Waals surface area contributed by atoms with Gasteiger partial charge in [-0.15, -0.1) is 0 Å². The van der Waals surface area contributed by atoms with Crippen molar-refractivity contribution in [2.45, 2.75) is 51.9 Å². The van der Waals surface area contributed by atoms with Gasteiger partial charge in [-0.25, -0.2) is 8.42 Å². The van der Waals surface area contributed by atoms with Crippen molar-refractivity contribution in [2.24, 2.45) is 7.05 Å². The van der Waals surface area contributed by atoms with Crippen molar-refractivity contribution in [3.63, 3.8) is 0 Å². The molecule has 1 aromatic heterocycles. The van der Waals surface area contributed by atoms with Crippen LogP contribution in [0.15, 0.2) is 23.1 Å². The maximum absolute atomic E-state index is 13.4. The fraction of sp³-hybridized carbons (Fsp3) is 0.476. The number of sulfonamides is 1. The molecular formula is C21H29N3O3S. The van der Waals surface area contributed by atoms with Crippen LogP contribution in [0.3, 0.4) is 0 Å². The second kappa shape index (κ2) is 7.62. The molecule has 0 radical (unpaired) electrons. The first-order valence-electron chi connectivity index (χ1n) is 9.69. The number of anilines is 1. The van der Waals surface area contributed by atoms with E-state index in [-0.39, 0.29) is 10.8 Å². The van der Waals surface area contributed by atoms with E-state index < -0.39 is 10.0 Å². The van der Waals surface area contributed by atoms with Crippen molar-refractivity contribution in [2.75, 3.05) is 17.8 Å². The van der Waals surface area contributed by atoms with Crippen molar-refractivity contribution in [3.05, 3.63) is 46.3 Å². The lowest BCUT2D eigenvalue weighted by atomic mass is 10.1. The van der Waals surface area contributed by atoms with Gasteiger partial charge in [0.15, 0.2) is 0 Å². The minimum Gasteiger partial charge on any atom is -0.350 e. The van der Waals surface area contributed by atoms with Crippen molar-refractivity contribution < 1.29 is 13.2 Å². The van der Waals surface area contributed by atoms with Gasteiger partial charge in [0.25, 0.3) is 15.9 Å². The van der Waals surface area contributed by atoms with Crippen LogP contribution < -0.4 is 4.72 Å². The molecule has 6 nitrogen and oxygen atoms in total. The summed E-state index contributed by atoms with van der Waals surface area (Å²) >= 11 is 0. The van der Waals surface area contributed by atoms with E-state index in [1.807, 2.05) is 26.0 Å². The highest BCUT2D eigenvalue weighted by Crippen LogP contribution is 2.31. The fourth-order valence-electron chi connectivity index (χ4n) is 3.81. The third kappa shape index (κ3) is 3.55. The van der Waals surface area contributed by atoms with Crippen LogP contribution in [-0.4, -0.2) is 36.9 Å². The zero-order valence-electron chi connectivity index (χ0n) is 17.3. The summed E-state index contributed by atoms with van der Waals surface area (Å²) in [6.45, 7) is 8.73. The van der Waals surface area contributed by atoms with Crippen LogP contribution >= 0.6 is 0 Å². The monoisotopic (exact) mass is 403 g/mol. The Kier molecular flexibility index (Phi) is 5.57. The maximum Gasteiger partial charge on any atom is 0.264 e. The first-order chi connectivity index (χ1) is 13.1. The summed E-state index contributed by atoms with van der Waals surface area (Å²) in [5.74, 6) is -0.192. The van der Waals surface area contributed by atoms with Crippen molar-refractivity contribution in [1.82, 2.24) is 9.47 Å². The van der Waals surface area contributed by atoms with Gasteiger partial charge in [0.05, 0.1) is 11.3 Å². The van der Waals surface area contributed by atoms with Crippen molar-refractivity contribution in [1.29, 1.82) is 0 Å². The Balaban J connectivity index is 2.09. The molecule has 0 atom stereocenters. The quantitative estimate of drug-likeness (QED) is 0.846. The molecule has 3 rings (SSSR count). The first-order valence-corrected chi connectivity index (χ1v) is 11.2. The van der Waals surface area contributed by atoms with Crippen LogP contribution in [0.4, 0.5) is 5.69 Å². The predicted octanol–water partition coefficient (Wildman–Crippen LogP) is 3.69. The van der Waals surface area contributed by atoms with Gasteiger partial charge in [-0.05, 0) is 64.2 Å². The summed E-state index contributed by atoms with van der Waals surface area (Å²) in [7, 11) is -2.12. The Bertz CT molecular complexity index is 1020. The number of carbonyl (C=O) groups is 1. The van der Waals surface area contributed by atoms with E-state index >= 15 is 0 Å². The third-order valence-corrected chi connectivity index (χ3v) is 7.42. The molecule has 7 heteroatoms. The summed E-state index contributed by atoms with van der Waals surface area (Å²) in [6, 6.07) is 5.51. The Morgan fingerprint density at radius 1 is 1.00 bits per heavy atom. The SMILES string of the molecule is Cc1cccc(NS(=O)(=O)c2c(C(=O)N3CCCCC3)c(C)n(C)c2C)c1C. The zero-order valence-corrected chi connectivity index (χ0v) is 18.1.